The van der Waals surface area contributed by atoms with Gasteiger partial charge in [-0.2, -0.15) is 0 Å². The largest absolute Gasteiger partial charge is 0.324 e. The van der Waals surface area contributed by atoms with Crippen LogP contribution in [-0.4, -0.2) is 10.4 Å². The molecule has 0 bridgehead atoms. The molecule has 22 heavy (non-hydrogen) atoms. The van der Waals surface area contributed by atoms with E-state index in [0.29, 0.717) is 5.56 Å². The molecule has 0 radical (unpaired) electrons. The van der Waals surface area contributed by atoms with Gasteiger partial charge in [-0.15, -0.1) is 0 Å². The maximum atomic E-state index is 12.2. The summed E-state index contributed by atoms with van der Waals surface area (Å²) in [4.78, 5) is 12.2. The van der Waals surface area contributed by atoms with Gasteiger partial charge in [-0.25, -0.2) is 0 Å². The van der Waals surface area contributed by atoms with Gasteiger partial charge in [0.1, 0.15) is 0 Å². The standard InChI is InChI=1S/C20H17NO/c1-16-6-2-3-7-17(16)10-13-20(22)18-8-11-19(12-9-18)21-14-4-5-15-21/h2-15H,1H3/b13-10+. The Morgan fingerprint density at radius 3 is 2.27 bits per heavy atom. The first-order valence-corrected chi connectivity index (χ1v) is 7.25. The van der Waals surface area contributed by atoms with Crippen molar-refractivity contribution in [3.63, 3.8) is 0 Å². The lowest BCUT2D eigenvalue weighted by Crippen LogP contribution is -1.96. The van der Waals surface area contributed by atoms with Crippen molar-refractivity contribution < 1.29 is 4.79 Å². The van der Waals surface area contributed by atoms with Crippen molar-refractivity contribution in [3.8, 4) is 5.69 Å². The molecule has 3 aromatic rings. The van der Waals surface area contributed by atoms with Crippen LogP contribution >= 0.6 is 0 Å². The van der Waals surface area contributed by atoms with Crippen molar-refractivity contribution >= 4 is 11.9 Å². The average Bonchev–Trinajstić information content (AvgIpc) is 3.08. The minimum atomic E-state index is 0.0160. The molecule has 0 saturated heterocycles. The monoisotopic (exact) mass is 287 g/mol. The molecule has 0 aliphatic carbocycles. The lowest BCUT2D eigenvalue weighted by atomic mass is 10.1. The van der Waals surface area contributed by atoms with Gasteiger partial charge in [0.15, 0.2) is 5.78 Å². The second-order valence-electron chi connectivity index (χ2n) is 5.19. The highest BCUT2D eigenvalue weighted by molar-refractivity contribution is 6.06. The molecule has 0 atom stereocenters. The summed E-state index contributed by atoms with van der Waals surface area (Å²) < 4.78 is 2.01. The molecule has 0 unspecified atom stereocenters. The number of nitrogens with zero attached hydrogens (tertiary/aromatic N) is 1. The normalized spacial score (nSPS) is 11.0. The van der Waals surface area contributed by atoms with Gasteiger partial charge in [0.25, 0.3) is 0 Å². The topological polar surface area (TPSA) is 22.0 Å². The number of aromatic nitrogens is 1. The van der Waals surface area contributed by atoms with Crippen LogP contribution in [0, 0.1) is 6.92 Å². The molecular weight excluding hydrogens is 270 g/mol. The van der Waals surface area contributed by atoms with Gasteiger partial charge in [-0.1, -0.05) is 30.3 Å². The fourth-order valence-corrected chi connectivity index (χ4v) is 2.34. The predicted molar refractivity (Wildman–Crippen MR) is 90.3 cm³/mol. The molecule has 2 nitrogen and oxygen atoms in total. The molecule has 3 rings (SSSR count). The fraction of sp³-hybridized carbons (Fsp3) is 0.0500. The molecule has 108 valence electrons. The van der Waals surface area contributed by atoms with Crippen molar-refractivity contribution in [3.05, 3.63) is 95.8 Å². The molecule has 0 fully saturated rings. The summed E-state index contributed by atoms with van der Waals surface area (Å²) in [5.74, 6) is 0.0160. The van der Waals surface area contributed by atoms with Crippen LogP contribution in [0.5, 0.6) is 0 Å². The summed E-state index contributed by atoms with van der Waals surface area (Å²) in [5, 5.41) is 0. The molecule has 0 amide bonds. The summed E-state index contributed by atoms with van der Waals surface area (Å²) in [7, 11) is 0. The van der Waals surface area contributed by atoms with E-state index in [4.69, 9.17) is 0 Å². The highest BCUT2D eigenvalue weighted by Gasteiger charge is 2.02. The van der Waals surface area contributed by atoms with E-state index >= 15 is 0 Å². The Morgan fingerprint density at radius 1 is 0.909 bits per heavy atom. The van der Waals surface area contributed by atoms with E-state index in [2.05, 4.69) is 0 Å². The molecule has 1 heterocycles. The molecule has 1 aromatic heterocycles. The van der Waals surface area contributed by atoms with Crippen molar-refractivity contribution in [1.82, 2.24) is 4.57 Å². The van der Waals surface area contributed by atoms with Crippen LogP contribution in [0.2, 0.25) is 0 Å². The zero-order valence-corrected chi connectivity index (χ0v) is 12.4. The second kappa shape index (κ2) is 6.27. The van der Waals surface area contributed by atoms with Crippen molar-refractivity contribution in [2.75, 3.05) is 0 Å². The van der Waals surface area contributed by atoms with Gasteiger partial charge in [0.2, 0.25) is 0 Å². The number of carbonyl (C=O) groups excluding carboxylic acids is 1. The molecule has 0 saturated carbocycles. The first-order chi connectivity index (χ1) is 10.7. The van der Waals surface area contributed by atoms with Crippen LogP contribution in [0.25, 0.3) is 11.8 Å². The second-order valence-corrected chi connectivity index (χ2v) is 5.19. The highest BCUT2D eigenvalue weighted by atomic mass is 16.1. The first kappa shape index (κ1) is 14.1. The van der Waals surface area contributed by atoms with Gasteiger partial charge in [-0.05, 0) is 60.5 Å². The third-order valence-electron chi connectivity index (χ3n) is 3.66. The maximum absolute atomic E-state index is 12.2. The van der Waals surface area contributed by atoms with Gasteiger partial charge in [0, 0.05) is 23.6 Å². The number of aryl methyl sites for hydroxylation is 1. The number of allylic oxidation sites excluding steroid dienone is 1. The van der Waals surface area contributed by atoms with Crippen LogP contribution in [0.3, 0.4) is 0 Å². The van der Waals surface area contributed by atoms with E-state index in [0.717, 1.165) is 16.8 Å². The number of hydrogen-bond acceptors (Lipinski definition) is 1. The number of ketones is 1. The van der Waals surface area contributed by atoms with Crippen LogP contribution in [0.1, 0.15) is 21.5 Å². The molecule has 0 N–H and O–H groups in total. The summed E-state index contributed by atoms with van der Waals surface area (Å²) in [6, 6.07) is 19.6. The molecular formula is C20H17NO. The summed E-state index contributed by atoms with van der Waals surface area (Å²) >= 11 is 0. The summed E-state index contributed by atoms with van der Waals surface area (Å²) in [5.41, 5.74) is 3.97. The minimum absolute atomic E-state index is 0.0160. The third-order valence-corrected chi connectivity index (χ3v) is 3.66. The minimum Gasteiger partial charge on any atom is -0.324 e. The van der Waals surface area contributed by atoms with Crippen molar-refractivity contribution in [2.45, 2.75) is 6.92 Å². The fourth-order valence-electron chi connectivity index (χ4n) is 2.34. The van der Waals surface area contributed by atoms with Crippen LogP contribution < -0.4 is 0 Å². The Labute approximate surface area is 130 Å². The van der Waals surface area contributed by atoms with E-state index in [1.54, 1.807) is 6.08 Å². The molecule has 0 aliphatic rings. The quantitative estimate of drug-likeness (QED) is 0.504. The number of rotatable bonds is 4. The molecule has 2 aromatic carbocycles. The Bertz CT molecular complexity index is 796. The van der Waals surface area contributed by atoms with E-state index in [-0.39, 0.29) is 5.78 Å². The third kappa shape index (κ3) is 3.07. The zero-order chi connectivity index (χ0) is 15.4. The molecule has 2 heteroatoms. The van der Waals surface area contributed by atoms with Crippen molar-refractivity contribution in [2.24, 2.45) is 0 Å². The Balaban J connectivity index is 1.77. The average molecular weight is 287 g/mol. The summed E-state index contributed by atoms with van der Waals surface area (Å²) in [6.07, 6.45) is 7.47. The Morgan fingerprint density at radius 2 is 1.59 bits per heavy atom. The van der Waals surface area contributed by atoms with Gasteiger partial charge in [-0.3, -0.25) is 4.79 Å². The van der Waals surface area contributed by atoms with Crippen molar-refractivity contribution in [1.29, 1.82) is 0 Å². The number of benzene rings is 2. The van der Waals surface area contributed by atoms with E-state index in [9.17, 15) is 4.79 Å². The maximum Gasteiger partial charge on any atom is 0.185 e. The predicted octanol–water partition coefficient (Wildman–Crippen LogP) is 4.68. The van der Waals surface area contributed by atoms with E-state index in [1.807, 2.05) is 90.6 Å². The lowest BCUT2D eigenvalue weighted by molar-refractivity contribution is 0.104. The van der Waals surface area contributed by atoms with E-state index < -0.39 is 0 Å². The van der Waals surface area contributed by atoms with Gasteiger partial charge >= 0.3 is 0 Å². The Hall–Kier alpha value is -2.87. The zero-order valence-electron chi connectivity index (χ0n) is 12.4. The lowest BCUT2D eigenvalue weighted by Gasteiger charge is -2.03. The smallest absolute Gasteiger partial charge is 0.185 e. The van der Waals surface area contributed by atoms with Crippen LogP contribution in [0.4, 0.5) is 0 Å². The Kier molecular flexibility index (Phi) is 4.01. The molecule has 0 spiro atoms. The van der Waals surface area contributed by atoms with Crippen LogP contribution in [0.15, 0.2) is 79.1 Å². The number of carbonyl (C=O) groups is 1. The molecule has 0 aliphatic heterocycles. The SMILES string of the molecule is Cc1ccccc1/C=C/C(=O)c1ccc(-n2cccc2)cc1. The summed E-state index contributed by atoms with van der Waals surface area (Å²) in [6.45, 7) is 2.04. The number of hydrogen-bond donors (Lipinski definition) is 0. The van der Waals surface area contributed by atoms with Crippen LogP contribution in [-0.2, 0) is 0 Å². The first-order valence-electron chi connectivity index (χ1n) is 7.25. The van der Waals surface area contributed by atoms with Gasteiger partial charge in [0.05, 0.1) is 0 Å². The van der Waals surface area contributed by atoms with E-state index in [1.165, 1.54) is 0 Å². The van der Waals surface area contributed by atoms with Gasteiger partial charge < -0.3 is 4.57 Å². The highest BCUT2D eigenvalue weighted by Crippen LogP contribution is 2.13.